The molecule has 210 valence electrons. The number of rotatable bonds is 7. The second-order valence-corrected chi connectivity index (χ2v) is 13.6. The Kier molecular flexibility index (Phi) is 7.46. The number of fused-ring (bicyclic) bond motifs is 3. The van der Waals surface area contributed by atoms with Crippen LogP contribution in [0.1, 0.15) is 52.0 Å². The molecule has 11 nitrogen and oxygen atoms in total. The van der Waals surface area contributed by atoms with Gasteiger partial charge >= 0.3 is 11.7 Å². The zero-order chi connectivity index (χ0) is 27.2. The van der Waals surface area contributed by atoms with Crippen molar-refractivity contribution in [3.8, 4) is 0 Å². The van der Waals surface area contributed by atoms with E-state index in [1.165, 1.54) is 15.1 Å². The Bertz CT molecular complexity index is 1330. The highest BCUT2D eigenvalue weighted by atomic mass is 32.2. The zero-order valence-electron chi connectivity index (χ0n) is 22.5. The van der Waals surface area contributed by atoms with Crippen LogP contribution in [-0.2, 0) is 10.0 Å². The molecule has 3 fully saturated rings. The Labute approximate surface area is 223 Å². The van der Waals surface area contributed by atoms with Crippen molar-refractivity contribution in [2.45, 2.75) is 75.7 Å². The second kappa shape index (κ2) is 10.4. The summed E-state index contributed by atoms with van der Waals surface area (Å²) >= 11 is 0. The van der Waals surface area contributed by atoms with E-state index in [1.54, 1.807) is 10.6 Å². The highest BCUT2D eigenvalue weighted by Gasteiger charge is 2.46. The molecule has 0 spiro atoms. The third-order valence-corrected chi connectivity index (χ3v) is 9.68. The van der Waals surface area contributed by atoms with E-state index in [9.17, 15) is 23.1 Å². The van der Waals surface area contributed by atoms with Crippen molar-refractivity contribution in [2.24, 2.45) is 0 Å². The highest BCUT2D eigenvalue weighted by Crippen LogP contribution is 2.37. The van der Waals surface area contributed by atoms with Gasteiger partial charge in [-0.2, -0.15) is 4.31 Å². The zero-order valence-corrected chi connectivity index (χ0v) is 23.3. The smallest absolute Gasteiger partial charge is 0.337 e. The van der Waals surface area contributed by atoms with Gasteiger partial charge in [-0.25, -0.2) is 22.6 Å². The Balaban J connectivity index is 1.36. The van der Waals surface area contributed by atoms with Gasteiger partial charge in [-0.3, -0.25) is 9.47 Å². The lowest BCUT2D eigenvalue weighted by Crippen LogP contribution is -2.61. The summed E-state index contributed by atoms with van der Waals surface area (Å²) in [7, 11) is -3.22. The molecule has 4 heterocycles. The summed E-state index contributed by atoms with van der Waals surface area (Å²) in [6, 6.07) is 7.29. The normalized spacial score (nSPS) is 27.7. The number of carbonyl (C=O) groups excluding carboxylic acids is 1. The van der Waals surface area contributed by atoms with Crippen molar-refractivity contribution in [1.29, 1.82) is 0 Å². The molecule has 0 aliphatic carbocycles. The van der Waals surface area contributed by atoms with Crippen molar-refractivity contribution in [3.05, 3.63) is 34.7 Å². The Hall–Kier alpha value is -2.25. The van der Waals surface area contributed by atoms with Crippen LogP contribution in [0.3, 0.4) is 0 Å². The summed E-state index contributed by atoms with van der Waals surface area (Å²) in [5.41, 5.74) is 0.272. The number of benzene rings is 1. The van der Waals surface area contributed by atoms with Gasteiger partial charge in [0.05, 0.1) is 23.4 Å². The molecule has 1 aromatic carbocycles. The van der Waals surface area contributed by atoms with Crippen molar-refractivity contribution in [1.82, 2.24) is 29.0 Å². The number of aliphatic hydroxyl groups is 1. The van der Waals surface area contributed by atoms with Gasteiger partial charge in [-0.1, -0.05) is 12.1 Å². The number of sulfonamides is 1. The largest absolute Gasteiger partial charge is 0.392 e. The molecule has 3 N–H and O–H groups in total. The average molecular weight is 549 g/mol. The van der Waals surface area contributed by atoms with Gasteiger partial charge < -0.3 is 15.7 Å². The number of piperazine rings is 1. The number of imidazole rings is 1. The number of amides is 1. The molecule has 12 heteroatoms. The van der Waals surface area contributed by atoms with Gasteiger partial charge in [0.25, 0.3) is 0 Å². The number of β-amino-alcohol motifs (C(OH)–C–C–N with tert-alkyl or cyclic N) is 1. The van der Waals surface area contributed by atoms with E-state index in [0.29, 0.717) is 57.5 Å². The number of hydrogen-bond donors (Lipinski definition) is 3. The number of nitrogens with one attached hydrogen (secondary N) is 2. The predicted molar refractivity (Wildman–Crippen MR) is 146 cm³/mol. The van der Waals surface area contributed by atoms with Gasteiger partial charge in [-0.15, -0.1) is 0 Å². The number of carbonyl (C=O) groups is 1. The molecule has 3 saturated heterocycles. The third kappa shape index (κ3) is 5.42. The molecule has 5 rings (SSSR count). The van der Waals surface area contributed by atoms with Crippen LogP contribution in [-0.4, -0.2) is 101 Å². The fourth-order valence-electron chi connectivity index (χ4n) is 6.78. The Morgan fingerprint density at radius 2 is 1.71 bits per heavy atom. The minimum atomic E-state index is -3.22. The molecule has 1 unspecified atom stereocenters. The molecule has 2 aromatic rings. The van der Waals surface area contributed by atoms with E-state index < -0.39 is 27.7 Å². The minimum absolute atomic E-state index is 0.102. The van der Waals surface area contributed by atoms with Gasteiger partial charge in [0.2, 0.25) is 10.0 Å². The fraction of sp³-hybridized carbons (Fsp3) is 0.692. The molecule has 1 amide bonds. The number of nitrogens with zero attached hydrogens (tertiary/aromatic N) is 4. The van der Waals surface area contributed by atoms with Crippen molar-refractivity contribution in [2.75, 3.05) is 39.0 Å². The molecular formula is C26H40N6O5S. The van der Waals surface area contributed by atoms with Crippen LogP contribution < -0.4 is 16.3 Å². The van der Waals surface area contributed by atoms with Gasteiger partial charge in [0.15, 0.2) is 0 Å². The summed E-state index contributed by atoms with van der Waals surface area (Å²) in [4.78, 5) is 29.3. The molecule has 4 atom stereocenters. The minimum Gasteiger partial charge on any atom is -0.392 e. The number of aliphatic hydroxyl groups excluding tert-OH is 1. The fourth-order valence-corrected chi connectivity index (χ4v) is 7.60. The van der Waals surface area contributed by atoms with Crippen LogP contribution in [0.4, 0.5) is 4.79 Å². The summed E-state index contributed by atoms with van der Waals surface area (Å²) in [5.74, 6) is 0. The quantitative estimate of drug-likeness (QED) is 0.469. The summed E-state index contributed by atoms with van der Waals surface area (Å²) < 4.78 is 28.0. The molecule has 3 aliphatic rings. The summed E-state index contributed by atoms with van der Waals surface area (Å²) in [5, 5.41) is 18.1. The third-order valence-electron chi connectivity index (χ3n) is 8.38. The van der Waals surface area contributed by atoms with Crippen molar-refractivity contribution in [3.63, 3.8) is 0 Å². The van der Waals surface area contributed by atoms with E-state index in [4.69, 9.17) is 0 Å². The van der Waals surface area contributed by atoms with Gasteiger partial charge in [0, 0.05) is 56.4 Å². The lowest BCUT2D eigenvalue weighted by Gasteiger charge is -2.44. The second-order valence-electron chi connectivity index (χ2n) is 11.6. The molecule has 1 aromatic heterocycles. The first-order valence-corrected chi connectivity index (χ1v) is 15.5. The topological polar surface area (TPSA) is 129 Å². The molecule has 3 aliphatic heterocycles. The first-order valence-electron chi connectivity index (χ1n) is 13.6. The predicted octanol–water partition coefficient (Wildman–Crippen LogP) is 0.923. The van der Waals surface area contributed by atoms with E-state index >= 15 is 0 Å². The Morgan fingerprint density at radius 3 is 2.29 bits per heavy atom. The number of piperidine rings is 1. The summed E-state index contributed by atoms with van der Waals surface area (Å²) in [6.07, 6.45) is 4.32. The van der Waals surface area contributed by atoms with E-state index in [-0.39, 0.29) is 23.8 Å². The molecule has 2 bridgehead atoms. The summed E-state index contributed by atoms with van der Waals surface area (Å²) in [6.45, 7) is 6.18. The van der Waals surface area contributed by atoms with E-state index in [2.05, 4.69) is 15.5 Å². The van der Waals surface area contributed by atoms with Crippen LogP contribution >= 0.6 is 0 Å². The first kappa shape index (κ1) is 27.3. The SMILES string of the molecule is CC(C)n1c(=O)n(C(=O)NC2(C[C@H](O)CN3CCN(S(C)(=O)=O)CC3)C[C@H]3CC[C@@H](C2)N3)c2ccccc21. The monoisotopic (exact) mass is 548 g/mol. The number of para-hydroxylation sites is 2. The molecule has 0 radical (unpaired) electrons. The van der Waals surface area contributed by atoms with Crippen molar-refractivity contribution < 1.29 is 18.3 Å². The van der Waals surface area contributed by atoms with E-state index in [1.807, 2.05) is 32.0 Å². The standard InChI is InChI=1S/C26H40N6O5S/c1-18(2)31-22-6-4-5-7-23(22)32(25(31)35)24(34)28-26(14-19-8-9-20(15-26)27-19)16-21(33)17-29-10-12-30(13-11-29)38(3,36)37/h4-7,18-21,27,33H,8-17H2,1-3H3,(H,28,34)/t19-,20+,21-,26?/m0/s1. The van der Waals surface area contributed by atoms with Crippen molar-refractivity contribution >= 4 is 27.1 Å². The number of hydrogen-bond acceptors (Lipinski definition) is 7. The lowest BCUT2D eigenvalue weighted by atomic mass is 9.79. The average Bonchev–Trinajstić information content (AvgIpc) is 3.33. The van der Waals surface area contributed by atoms with Crippen LogP contribution in [0.2, 0.25) is 0 Å². The maximum Gasteiger partial charge on any atom is 0.337 e. The molecule has 0 saturated carbocycles. The maximum absolute atomic E-state index is 13.8. The lowest BCUT2D eigenvalue weighted by molar-refractivity contribution is 0.0522. The Morgan fingerprint density at radius 1 is 1.11 bits per heavy atom. The number of aromatic nitrogens is 2. The molecule has 38 heavy (non-hydrogen) atoms. The van der Waals surface area contributed by atoms with Crippen LogP contribution in [0, 0.1) is 0 Å². The van der Waals surface area contributed by atoms with Gasteiger partial charge in [-0.05, 0) is 58.1 Å². The first-order chi connectivity index (χ1) is 18.0. The highest BCUT2D eigenvalue weighted by molar-refractivity contribution is 7.88. The van der Waals surface area contributed by atoms with E-state index in [0.717, 1.165) is 18.4 Å². The van der Waals surface area contributed by atoms with Crippen LogP contribution in [0.25, 0.3) is 11.0 Å². The maximum atomic E-state index is 13.8. The molecular weight excluding hydrogens is 508 g/mol. The van der Waals surface area contributed by atoms with Gasteiger partial charge in [0.1, 0.15) is 0 Å². The van der Waals surface area contributed by atoms with Crippen LogP contribution in [0.5, 0.6) is 0 Å². The van der Waals surface area contributed by atoms with Crippen LogP contribution in [0.15, 0.2) is 29.1 Å².